The van der Waals surface area contributed by atoms with Gasteiger partial charge in [0.1, 0.15) is 5.01 Å². The zero-order chi connectivity index (χ0) is 10.7. The van der Waals surface area contributed by atoms with Gasteiger partial charge in [-0.2, -0.15) is 0 Å². The molecule has 1 unspecified atom stereocenters. The second kappa shape index (κ2) is 4.90. The van der Waals surface area contributed by atoms with Crippen molar-refractivity contribution in [2.24, 2.45) is 0 Å². The molecule has 0 spiro atoms. The molecule has 1 aromatic rings. The summed E-state index contributed by atoms with van der Waals surface area (Å²) in [5.74, 6) is 0. The Hall–Kier alpha value is -0.680. The Labute approximate surface area is 94.7 Å². The highest BCUT2D eigenvalue weighted by Crippen LogP contribution is 2.15. The second-order valence-electron chi connectivity index (χ2n) is 4.18. The van der Waals surface area contributed by atoms with Gasteiger partial charge in [-0.25, -0.2) is 0 Å². The van der Waals surface area contributed by atoms with Crippen molar-refractivity contribution < 1.29 is 0 Å². The molecule has 0 aliphatic carbocycles. The lowest BCUT2D eigenvalue weighted by Crippen LogP contribution is -2.32. The molecular weight excluding hydrogens is 208 g/mol. The van der Waals surface area contributed by atoms with Crippen molar-refractivity contribution in [1.82, 2.24) is 15.1 Å². The molecule has 1 fully saturated rings. The Balaban J connectivity index is 1.78. The maximum atomic E-state index is 4.07. The van der Waals surface area contributed by atoms with Gasteiger partial charge in [0.05, 0.1) is 0 Å². The van der Waals surface area contributed by atoms with Crippen LogP contribution in [0.4, 0.5) is 5.13 Å². The summed E-state index contributed by atoms with van der Waals surface area (Å²) in [4.78, 5) is 2.51. The summed E-state index contributed by atoms with van der Waals surface area (Å²) in [6.07, 6.45) is 2.70. The summed E-state index contributed by atoms with van der Waals surface area (Å²) in [5.41, 5.74) is 0. The van der Waals surface area contributed by atoms with Crippen LogP contribution in [0.5, 0.6) is 0 Å². The predicted octanol–water partition coefficient (Wildman–Crippen LogP) is 1.74. The van der Waals surface area contributed by atoms with Crippen molar-refractivity contribution >= 4 is 16.5 Å². The summed E-state index contributed by atoms with van der Waals surface area (Å²) < 4.78 is 0. The SMILES string of the molecule is Cc1nnc(NC(C)CN2CCCC2)s1. The van der Waals surface area contributed by atoms with Crippen molar-refractivity contribution in [2.75, 3.05) is 25.0 Å². The lowest BCUT2D eigenvalue weighted by atomic mass is 10.3. The van der Waals surface area contributed by atoms with Crippen LogP contribution in [-0.2, 0) is 0 Å². The van der Waals surface area contributed by atoms with Crippen molar-refractivity contribution in [2.45, 2.75) is 32.7 Å². The van der Waals surface area contributed by atoms with Gasteiger partial charge in [-0.05, 0) is 39.8 Å². The van der Waals surface area contributed by atoms with Crippen molar-refractivity contribution in [3.8, 4) is 0 Å². The third kappa shape index (κ3) is 3.14. The lowest BCUT2D eigenvalue weighted by molar-refractivity contribution is 0.328. The monoisotopic (exact) mass is 226 g/mol. The summed E-state index contributed by atoms with van der Waals surface area (Å²) in [6.45, 7) is 7.80. The molecule has 2 heterocycles. The summed E-state index contributed by atoms with van der Waals surface area (Å²) >= 11 is 1.62. The van der Waals surface area contributed by atoms with Crippen molar-refractivity contribution in [3.63, 3.8) is 0 Å². The van der Waals surface area contributed by atoms with Gasteiger partial charge in [-0.1, -0.05) is 11.3 Å². The summed E-state index contributed by atoms with van der Waals surface area (Å²) in [6, 6.07) is 0.454. The maximum absolute atomic E-state index is 4.07. The van der Waals surface area contributed by atoms with Crippen LogP contribution in [0.3, 0.4) is 0 Å². The highest BCUT2D eigenvalue weighted by Gasteiger charge is 2.15. The van der Waals surface area contributed by atoms with E-state index >= 15 is 0 Å². The number of nitrogens with zero attached hydrogens (tertiary/aromatic N) is 3. The number of hydrogen-bond acceptors (Lipinski definition) is 5. The van der Waals surface area contributed by atoms with Crippen LogP contribution in [0, 0.1) is 6.92 Å². The van der Waals surface area contributed by atoms with Crippen LogP contribution < -0.4 is 5.32 Å². The molecule has 5 heteroatoms. The average molecular weight is 226 g/mol. The molecule has 4 nitrogen and oxygen atoms in total. The first kappa shape index (κ1) is 10.8. The number of aryl methyl sites for hydroxylation is 1. The molecule has 2 rings (SSSR count). The Kier molecular flexibility index (Phi) is 3.53. The van der Waals surface area contributed by atoms with Gasteiger partial charge < -0.3 is 10.2 Å². The molecule has 1 aliphatic heterocycles. The topological polar surface area (TPSA) is 41.1 Å². The van der Waals surface area contributed by atoms with Gasteiger partial charge >= 0.3 is 0 Å². The molecule has 0 saturated carbocycles. The fraction of sp³-hybridized carbons (Fsp3) is 0.800. The van der Waals surface area contributed by atoms with Crippen LogP contribution in [0.15, 0.2) is 0 Å². The van der Waals surface area contributed by atoms with E-state index in [9.17, 15) is 0 Å². The number of hydrogen-bond donors (Lipinski definition) is 1. The molecule has 0 amide bonds. The van der Waals surface area contributed by atoms with Crippen LogP contribution in [-0.4, -0.2) is 40.8 Å². The molecule has 1 aromatic heterocycles. The van der Waals surface area contributed by atoms with Gasteiger partial charge in [0.15, 0.2) is 0 Å². The largest absolute Gasteiger partial charge is 0.356 e. The van der Waals surface area contributed by atoms with Crippen molar-refractivity contribution in [1.29, 1.82) is 0 Å². The second-order valence-corrected chi connectivity index (χ2v) is 5.36. The smallest absolute Gasteiger partial charge is 0.205 e. The average Bonchev–Trinajstić information content (AvgIpc) is 2.77. The summed E-state index contributed by atoms with van der Waals surface area (Å²) in [5, 5.41) is 13.4. The Bertz CT molecular complexity index is 306. The van der Waals surface area contributed by atoms with Crippen LogP contribution >= 0.6 is 11.3 Å². The normalized spacial score (nSPS) is 19.3. The molecule has 1 saturated heterocycles. The van der Waals surface area contributed by atoms with Crippen molar-refractivity contribution in [3.05, 3.63) is 5.01 Å². The Morgan fingerprint density at radius 1 is 1.40 bits per heavy atom. The zero-order valence-corrected chi connectivity index (χ0v) is 10.2. The van der Waals surface area contributed by atoms with E-state index in [1.807, 2.05) is 6.92 Å². The minimum absolute atomic E-state index is 0.454. The minimum atomic E-state index is 0.454. The van der Waals surface area contributed by atoms with Gasteiger partial charge in [0.25, 0.3) is 0 Å². The number of aromatic nitrogens is 2. The molecule has 84 valence electrons. The molecular formula is C10H18N4S. The Morgan fingerprint density at radius 3 is 2.73 bits per heavy atom. The molecule has 1 atom stereocenters. The molecule has 1 N–H and O–H groups in total. The first-order valence-corrected chi connectivity index (χ1v) is 6.34. The molecule has 15 heavy (non-hydrogen) atoms. The third-order valence-electron chi connectivity index (χ3n) is 2.63. The molecule has 0 bridgehead atoms. The van der Waals surface area contributed by atoms with E-state index in [1.165, 1.54) is 25.9 Å². The molecule has 1 aliphatic rings. The predicted molar refractivity (Wildman–Crippen MR) is 63.4 cm³/mol. The fourth-order valence-electron chi connectivity index (χ4n) is 1.96. The standard InChI is InChI=1S/C10H18N4S/c1-8(7-14-5-3-4-6-14)11-10-13-12-9(2)15-10/h8H,3-7H2,1-2H3,(H,11,13). The van der Waals surface area contributed by atoms with E-state index in [4.69, 9.17) is 0 Å². The molecule has 0 aromatic carbocycles. The van der Waals surface area contributed by atoms with E-state index in [1.54, 1.807) is 11.3 Å². The van der Waals surface area contributed by atoms with Crippen LogP contribution in [0.25, 0.3) is 0 Å². The van der Waals surface area contributed by atoms with E-state index < -0.39 is 0 Å². The van der Waals surface area contributed by atoms with Gasteiger partial charge in [0.2, 0.25) is 5.13 Å². The third-order valence-corrected chi connectivity index (χ3v) is 3.40. The first-order valence-electron chi connectivity index (χ1n) is 5.53. The van der Waals surface area contributed by atoms with Gasteiger partial charge in [-0.15, -0.1) is 10.2 Å². The molecule has 0 radical (unpaired) electrons. The quantitative estimate of drug-likeness (QED) is 0.849. The van der Waals surface area contributed by atoms with Crippen LogP contribution in [0.1, 0.15) is 24.8 Å². The first-order chi connectivity index (χ1) is 7.24. The van der Waals surface area contributed by atoms with Gasteiger partial charge in [0, 0.05) is 12.6 Å². The van der Waals surface area contributed by atoms with E-state index in [0.717, 1.165) is 16.7 Å². The van der Waals surface area contributed by atoms with E-state index in [0.29, 0.717) is 6.04 Å². The zero-order valence-electron chi connectivity index (χ0n) is 9.36. The fourth-order valence-corrected chi connectivity index (χ4v) is 2.67. The maximum Gasteiger partial charge on any atom is 0.205 e. The number of likely N-dealkylation sites (tertiary alicyclic amines) is 1. The number of rotatable bonds is 4. The summed E-state index contributed by atoms with van der Waals surface area (Å²) in [7, 11) is 0. The lowest BCUT2D eigenvalue weighted by Gasteiger charge is -2.20. The van der Waals surface area contributed by atoms with Gasteiger partial charge in [-0.3, -0.25) is 0 Å². The Morgan fingerprint density at radius 2 is 2.13 bits per heavy atom. The highest BCUT2D eigenvalue weighted by atomic mass is 32.1. The minimum Gasteiger partial charge on any atom is -0.356 e. The van der Waals surface area contributed by atoms with E-state index in [2.05, 4.69) is 27.3 Å². The highest BCUT2D eigenvalue weighted by molar-refractivity contribution is 7.15. The number of anilines is 1. The number of nitrogens with one attached hydrogen (secondary N) is 1. The van der Waals surface area contributed by atoms with E-state index in [-0.39, 0.29) is 0 Å². The van der Waals surface area contributed by atoms with Crippen LogP contribution in [0.2, 0.25) is 0 Å².